The van der Waals surface area contributed by atoms with Crippen LogP contribution in [0.5, 0.6) is 5.75 Å². The lowest BCUT2D eigenvalue weighted by Crippen LogP contribution is -2.19. The van der Waals surface area contributed by atoms with Crippen LogP contribution in [0, 0.1) is 0 Å². The Bertz CT molecular complexity index is 519. The lowest BCUT2D eigenvalue weighted by molar-refractivity contribution is 0.188. The van der Waals surface area contributed by atoms with E-state index in [9.17, 15) is 0 Å². The summed E-state index contributed by atoms with van der Waals surface area (Å²) in [4.78, 5) is 4.36. The molecule has 0 aliphatic carbocycles. The SMILES string of the molecule is c1cnc2cc(OC3CCCNCC3)ccc2c1. The van der Waals surface area contributed by atoms with Crippen LogP contribution in [0.1, 0.15) is 19.3 Å². The van der Waals surface area contributed by atoms with Crippen LogP contribution >= 0.6 is 0 Å². The van der Waals surface area contributed by atoms with E-state index in [-0.39, 0.29) is 0 Å². The van der Waals surface area contributed by atoms with Gasteiger partial charge in [0.25, 0.3) is 0 Å². The van der Waals surface area contributed by atoms with Gasteiger partial charge in [0.1, 0.15) is 5.75 Å². The molecule has 1 saturated heterocycles. The first-order valence-electron chi connectivity index (χ1n) is 6.64. The van der Waals surface area contributed by atoms with Crippen LogP contribution < -0.4 is 10.1 Å². The summed E-state index contributed by atoms with van der Waals surface area (Å²) in [7, 11) is 0. The third kappa shape index (κ3) is 2.62. The number of benzene rings is 1. The van der Waals surface area contributed by atoms with Gasteiger partial charge >= 0.3 is 0 Å². The van der Waals surface area contributed by atoms with Gasteiger partial charge in [0, 0.05) is 17.6 Å². The van der Waals surface area contributed by atoms with E-state index in [4.69, 9.17) is 4.74 Å². The fourth-order valence-electron chi connectivity index (χ4n) is 2.42. The largest absolute Gasteiger partial charge is 0.490 e. The average molecular weight is 242 g/mol. The second-order valence-corrected chi connectivity index (χ2v) is 4.78. The number of aromatic nitrogens is 1. The standard InChI is InChI=1S/C15H18N2O/c1-3-12-5-6-14(11-15(12)17-9-1)18-13-4-2-8-16-10-7-13/h1,3,5-6,9,11,13,16H,2,4,7-8,10H2. The monoisotopic (exact) mass is 242 g/mol. The molecule has 0 amide bonds. The molecule has 0 bridgehead atoms. The zero-order valence-corrected chi connectivity index (χ0v) is 10.4. The highest BCUT2D eigenvalue weighted by Gasteiger charge is 2.13. The highest BCUT2D eigenvalue weighted by Crippen LogP contribution is 2.21. The summed E-state index contributed by atoms with van der Waals surface area (Å²) in [6.07, 6.45) is 5.56. The van der Waals surface area contributed by atoms with Crippen molar-refractivity contribution in [3.63, 3.8) is 0 Å². The van der Waals surface area contributed by atoms with E-state index in [1.54, 1.807) is 0 Å². The van der Waals surface area contributed by atoms with Crippen LogP contribution in [0.4, 0.5) is 0 Å². The first kappa shape index (κ1) is 11.5. The van der Waals surface area contributed by atoms with E-state index < -0.39 is 0 Å². The van der Waals surface area contributed by atoms with Crippen LogP contribution in [-0.2, 0) is 0 Å². The number of hydrogen-bond acceptors (Lipinski definition) is 3. The van der Waals surface area contributed by atoms with E-state index in [2.05, 4.69) is 22.4 Å². The summed E-state index contributed by atoms with van der Waals surface area (Å²) < 4.78 is 6.06. The highest BCUT2D eigenvalue weighted by molar-refractivity contribution is 5.79. The van der Waals surface area contributed by atoms with E-state index in [1.165, 1.54) is 6.42 Å². The molecule has 1 fully saturated rings. The summed E-state index contributed by atoms with van der Waals surface area (Å²) in [6.45, 7) is 2.16. The molecule has 3 heteroatoms. The Kier molecular flexibility index (Phi) is 3.42. The molecule has 1 aliphatic rings. The third-order valence-electron chi connectivity index (χ3n) is 3.40. The molecule has 3 rings (SSSR count). The molecule has 1 aromatic heterocycles. The third-order valence-corrected chi connectivity index (χ3v) is 3.40. The minimum Gasteiger partial charge on any atom is -0.490 e. The Morgan fingerprint density at radius 2 is 2.17 bits per heavy atom. The molecule has 2 aromatic rings. The van der Waals surface area contributed by atoms with Crippen molar-refractivity contribution in [1.29, 1.82) is 0 Å². The molecular weight excluding hydrogens is 224 g/mol. The van der Waals surface area contributed by atoms with Gasteiger partial charge in [-0.2, -0.15) is 0 Å². The van der Waals surface area contributed by atoms with Gasteiger partial charge in [-0.25, -0.2) is 0 Å². The molecule has 1 atom stereocenters. The molecule has 3 nitrogen and oxygen atoms in total. The quantitative estimate of drug-likeness (QED) is 0.879. The zero-order valence-electron chi connectivity index (χ0n) is 10.4. The van der Waals surface area contributed by atoms with Gasteiger partial charge < -0.3 is 10.1 Å². The number of nitrogens with one attached hydrogen (secondary N) is 1. The summed E-state index contributed by atoms with van der Waals surface area (Å²) >= 11 is 0. The van der Waals surface area contributed by atoms with Crippen LogP contribution in [0.15, 0.2) is 36.5 Å². The predicted molar refractivity (Wildman–Crippen MR) is 72.9 cm³/mol. The van der Waals surface area contributed by atoms with Gasteiger partial charge in [-0.15, -0.1) is 0 Å². The van der Waals surface area contributed by atoms with E-state index in [0.29, 0.717) is 6.10 Å². The lowest BCUT2D eigenvalue weighted by Gasteiger charge is -2.16. The average Bonchev–Trinajstić information content (AvgIpc) is 2.67. The lowest BCUT2D eigenvalue weighted by atomic mass is 10.1. The molecule has 0 spiro atoms. The van der Waals surface area contributed by atoms with Crippen molar-refractivity contribution in [1.82, 2.24) is 10.3 Å². The summed E-state index contributed by atoms with van der Waals surface area (Å²) in [5.74, 6) is 0.938. The van der Waals surface area contributed by atoms with Crippen molar-refractivity contribution in [2.45, 2.75) is 25.4 Å². The maximum absolute atomic E-state index is 6.06. The first-order chi connectivity index (χ1) is 8.92. The normalized spacial score (nSPS) is 20.6. The molecular formula is C15H18N2O. The van der Waals surface area contributed by atoms with Gasteiger partial charge in [-0.05, 0) is 50.6 Å². The topological polar surface area (TPSA) is 34.1 Å². The Morgan fingerprint density at radius 1 is 1.17 bits per heavy atom. The number of hydrogen-bond donors (Lipinski definition) is 1. The molecule has 2 heterocycles. The fourth-order valence-corrected chi connectivity index (χ4v) is 2.42. The molecule has 0 radical (unpaired) electrons. The molecule has 0 saturated carbocycles. The van der Waals surface area contributed by atoms with E-state index >= 15 is 0 Å². The summed E-state index contributed by atoms with van der Waals surface area (Å²) in [5.41, 5.74) is 1.00. The second kappa shape index (κ2) is 5.36. The summed E-state index contributed by atoms with van der Waals surface area (Å²) in [6, 6.07) is 10.2. The Morgan fingerprint density at radius 3 is 3.17 bits per heavy atom. The van der Waals surface area contributed by atoms with Gasteiger partial charge in [-0.1, -0.05) is 6.07 Å². The number of ether oxygens (including phenoxy) is 1. The van der Waals surface area contributed by atoms with E-state index in [1.807, 2.05) is 24.4 Å². The number of fused-ring (bicyclic) bond motifs is 1. The zero-order chi connectivity index (χ0) is 12.2. The van der Waals surface area contributed by atoms with Gasteiger partial charge in [0.2, 0.25) is 0 Å². The molecule has 18 heavy (non-hydrogen) atoms. The van der Waals surface area contributed by atoms with Crippen LogP contribution in [0.25, 0.3) is 10.9 Å². The number of pyridine rings is 1. The Hall–Kier alpha value is -1.61. The summed E-state index contributed by atoms with van der Waals surface area (Å²) in [5, 5.41) is 4.56. The number of rotatable bonds is 2. The van der Waals surface area contributed by atoms with Crippen molar-refractivity contribution in [3.05, 3.63) is 36.5 Å². The van der Waals surface area contributed by atoms with Crippen molar-refractivity contribution in [2.75, 3.05) is 13.1 Å². The molecule has 1 N–H and O–H groups in total. The van der Waals surface area contributed by atoms with E-state index in [0.717, 1.165) is 42.6 Å². The Labute approximate surface area is 107 Å². The van der Waals surface area contributed by atoms with Crippen LogP contribution in [0.2, 0.25) is 0 Å². The predicted octanol–water partition coefficient (Wildman–Crippen LogP) is 2.76. The highest BCUT2D eigenvalue weighted by atomic mass is 16.5. The van der Waals surface area contributed by atoms with Crippen LogP contribution in [0.3, 0.4) is 0 Å². The minimum absolute atomic E-state index is 0.334. The van der Waals surface area contributed by atoms with Crippen molar-refractivity contribution >= 4 is 10.9 Å². The van der Waals surface area contributed by atoms with Crippen LogP contribution in [-0.4, -0.2) is 24.2 Å². The number of nitrogens with zero attached hydrogens (tertiary/aromatic N) is 1. The first-order valence-corrected chi connectivity index (χ1v) is 6.64. The Balaban J connectivity index is 1.77. The van der Waals surface area contributed by atoms with Crippen molar-refractivity contribution in [2.24, 2.45) is 0 Å². The van der Waals surface area contributed by atoms with Crippen molar-refractivity contribution < 1.29 is 4.74 Å². The minimum atomic E-state index is 0.334. The van der Waals surface area contributed by atoms with Crippen molar-refractivity contribution in [3.8, 4) is 5.75 Å². The molecule has 94 valence electrons. The molecule has 1 aliphatic heterocycles. The maximum atomic E-state index is 6.06. The molecule has 1 aromatic carbocycles. The fraction of sp³-hybridized carbons (Fsp3) is 0.400. The molecule has 1 unspecified atom stereocenters. The second-order valence-electron chi connectivity index (χ2n) is 4.78. The smallest absolute Gasteiger partial charge is 0.121 e. The maximum Gasteiger partial charge on any atom is 0.121 e. The van der Waals surface area contributed by atoms with Gasteiger partial charge in [0.05, 0.1) is 11.6 Å². The van der Waals surface area contributed by atoms with Gasteiger partial charge in [-0.3, -0.25) is 4.98 Å². The van der Waals surface area contributed by atoms with Gasteiger partial charge in [0.15, 0.2) is 0 Å².